The molecule has 9 nitrogen and oxygen atoms in total. The van der Waals surface area contributed by atoms with Gasteiger partial charge in [-0.3, -0.25) is 18.6 Å². The van der Waals surface area contributed by atoms with Crippen molar-refractivity contribution < 1.29 is 37.3 Å². The molecule has 0 aromatic rings. The van der Waals surface area contributed by atoms with E-state index in [1.165, 1.54) is 199 Å². The smallest absolute Gasteiger partial charge is 0.456 e. The highest BCUT2D eigenvalue weighted by atomic mass is 31.2. The predicted octanol–water partition coefficient (Wildman–Crippen LogP) is 24.4. The zero-order valence-electron chi connectivity index (χ0n) is 59.6. The van der Waals surface area contributed by atoms with E-state index in [1.807, 2.05) is 33.3 Å². The second-order valence-electron chi connectivity index (χ2n) is 26.4. The number of unbranched alkanes of at least 4 members (excludes halogenated alkanes) is 36. The molecule has 2 N–H and O–H groups in total. The lowest BCUT2D eigenvalue weighted by atomic mass is 10.0. The molecule has 3 unspecified atom stereocenters. The number of hydrogen-bond donors (Lipinski definition) is 2. The van der Waals surface area contributed by atoms with Gasteiger partial charge in [0.15, 0.2) is 0 Å². The van der Waals surface area contributed by atoms with Gasteiger partial charge in [0, 0.05) is 12.8 Å². The number of carbonyl (C=O) groups excluding carboxylic acids is 2. The van der Waals surface area contributed by atoms with Crippen LogP contribution in [0.15, 0.2) is 109 Å². The molecule has 0 heterocycles. The number of nitrogens with zero attached hydrogens (tertiary/aromatic N) is 1. The van der Waals surface area contributed by atoms with Gasteiger partial charge < -0.3 is 19.4 Å². The summed E-state index contributed by atoms with van der Waals surface area (Å²) >= 11 is 0. The van der Waals surface area contributed by atoms with Crippen molar-refractivity contribution in [2.45, 2.75) is 348 Å². The number of rotatable bonds is 68. The number of quaternary nitrogens is 1. The Hall–Kier alpha value is -3.33. The van der Waals surface area contributed by atoms with Crippen LogP contribution < -0.4 is 5.32 Å². The summed E-state index contributed by atoms with van der Waals surface area (Å²) < 4.78 is 30.9. The van der Waals surface area contributed by atoms with Gasteiger partial charge in [0.25, 0.3) is 0 Å². The number of esters is 1. The summed E-state index contributed by atoms with van der Waals surface area (Å²) in [5, 5.41) is 3.07. The Kier molecular flexibility index (Phi) is 66.0. The number of phosphoric acid groups is 1. The van der Waals surface area contributed by atoms with Gasteiger partial charge in [-0.05, 0) is 115 Å². The van der Waals surface area contributed by atoms with Gasteiger partial charge in [0.05, 0.1) is 33.8 Å². The SMILES string of the molecule is CC/C=C\C/C=C\C/C=C\C/C=C\C/C=C\CCCCCCCCCCCCCC(=O)NC(COP(=O)(O)OCC[N+](C)(C)C)C(/C=C/CCCCCCCCCCCC)OC(=O)CCCCCCCCCCCCCC/C=C\C/C=C\C/C=C\CCCCC. The molecule has 0 radical (unpaired) electrons. The maximum Gasteiger partial charge on any atom is 0.472 e. The van der Waals surface area contributed by atoms with Crippen LogP contribution in [-0.4, -0.2) is 74.3 Å². The molecular weight excluding hydrogens is 1130 g/mol. The normalized spacial score (nSPS) is 14.1. The summed E-state index contributed by atoms with van der Waals surface area (Å²) in [5.41, 5.74) is 0. The Morgan fingerprint density at radius 3 is 1.09 bits per heavy atom. The standard InChI is InChI=1S/C80H143N2O7P/c1-7-10-13-16-19-22-25-28-30-32-34-36-38-40-41-43-44-46-48-50-52-54-57-60-63-66-69-72-79(83)81-77(76-88-90(85,86)87-75-74-82(4,5)6)78(71-68-65-62-59-56-27-24-21-18-15-12-9-3)89-80(84)73-70-67-64-61-58-55-53-51-49-47-45-42-39-37-35-33-31-29-26-23-20-17-14-11-8-2/h10,13,19-20,22-23,28-31,34-37,40-41,68,71,77-78H,7-9,11-12,14-18,21,24-27,32-33,38-39,42-67,69-70,72-76H2,1-6H3,(H-,81,83,85,86)/p+1/b13-10-,22-19-,23-20-,30-28-,31-29-,36-34-,37-35-,41-40-,71-68+. The van der Waals surface area contributed by atoms with Crippen molar-refractivity contribution >= 4 is 19.7 Å². The number of nitrogens with one attached hydrogen (secondary N) is 1. The summed E-state index contributed by atoms with van der Waals surface area (Å²) in [4.78, 5) is 38.0. The molecule has 1 amide bonds. The summed E-state index contributed by atoms with van der Waals surface area (Å²) in [6, 6.07) is -0.858. The molecule has 0 bridgehead atoms. The number of amides is 1. The van der Waals surface area contributed by atoms with Crippen LogP contribution in [-0.2, 0) is 27.9 Å². The zero-order chi connectivity index (χ0) is 65.6. The number of phosphoric ester groups is 1. The third kappa shape index (κ3) is 69.0. The number of hydrogen-bond acceptors (Lipinski definition) is 6. The van der Waals surface area contributed by atoms with Crippen LogP contribution in [0.1, 0.15) is 335 Å². The van der Waals surface area contributed by atoms with Gasteiger partial charge in [-0.25, -0.2) is 4.57 Å². The van der Waals surface area contributed by atoms with E-state index in [2.05, 4.69) is 123 Å². The minimum atomic E-state index is -4.46. The Morgan fingerprint density at radius 2 is 0.711 bits per heavy atom. The van der Waals surface area contributed by atoms with Crippen LogP contribution in [0.4, 0.5) is 0 Å². The number of ether oxygens (including phenoxy) is 1. The monoisotopic (exact) mass is 1280 g/mol. The lowest BCUT2D eigenvalue weighted by Crippen LogP contribution is -2.47. The second kappa shape index (κ2) is 68.5. The molecule has 0 rings (SSSR count). The highest BCUT2D eigenvalue weighted by Gasteiger charge is 2.30. The van der Waals surface area contributed by atoms with Gasteiger partial charge in [0.1, 0.15) is 19.3 Å². The molecule has 0 aromatic heterocycles. The van der Waals surface area contributed by atoms with Crippen molar-refractivity contribution in [2.75, 3.05) is 40.9 Å². The van der Waals surface area contributed by atoms with Crippen molar-refractivity contribution in [1.82, 2.24) is 5.32 Å². The fourth-order valence-electron chi connectivity index (χ4n) is 10.7. The van der Waals surface area contributed by atoms with Crippen molar-refractivity contribution in [2.24, 2.45) is 0 Å². The lowest BCUT2D eigenvalue weighted by Gasteiger charge is -2.27. The summed E-state index contributed by atoms with van der Waals surface area (Å²) in [6.07, 6.45) is 95.3. The Labute approximate surface area is 557 Å². The topological polar surface area (TPSA) is 111 Å². The molecule has 0 aromatic carbocycles. The van der Waals surface area contributed by atoms with E-state index >= 15 is 0 Å². The second-order valence-corrected chi connectivity index (χ2v) is 27.9. The van der Waals surface area contributed by atoms with Crippen molar-refractivity contribution in [3.8, 4) is 0 Å². The van der Waals surface area contributed by atoms with Crippen LogP contribution in [0.25, 0.3) is 0 Å². The van der Waals surface area contributed by atoms with Crippen LogP contribution in [0.5, 0.6) is 0 Å². The van der Waals surface area contributed by atoms with Gasteiger partial charge >= 0.3 is 13.8 Å². The third-order valence-corrected chi connectivity index (χ3v) is 17.4. The molecule has 0 aliphatic carbocycles. The lowest BCUT2D eigenvalue weighted by molar-refractivity contribution is -0.870. The molecule has 0 spiro atoms. The molecular formula is C80H144N2O7P+. The summed E-state index contributed by atoms with van der Waals surface area (Å²) in [6.45, 7) is 6.90. The van der Waals surface area contributed by atoms with E-state index in [0.29, 0.717) is 17.4 Å². The van der Waals surface area contributed by atoms with E-state index in [-0.39, 0.29) is 31.5 Å². The van der Waals surface area contributed by atoms with Crippen molar-refractivity contribution in [1.29, 1.82) is 0 Å². The summed E-state index contributed by atoms with van der Waals surface area (Å²) in [5.74, 6) is -0.506. The van der Waals surface area contributed by atoms with Crippen LogP contribution in [0.2, 0.25) is 0 Å². The average molecular weight is 1280 g/mol. The Morgan fingerprint density at radius 1 is 0.400 bits per heavy atom. The zero-order valence-corrected chi connectivity index (χ0v) is 60.5. The first-order valence-electron chi connectivity index (χ1n) is 37.7. The third-order valence-electron chi connectivity index (χ3n) is 16.4. The summed E-state index contributed by atoms with van der Waals surface area (Å²) in [7, 11) is 1.49. The molecule has 0 fully saturated rings. The highest BCUT2D eigenvalue weighted by Crippen LogP contribution is 2.43. The van der Waals surface area contributed by atoms with Crippen LogP contribution in [0, 0.1) is 0 Å². The van der Waals surface area contributed by atoms with E-state index in [4.69, 9.17) is 13.8 Å². The van der Waals surface area contributed by atoms with Gasteiger partial charge in [-0.2, -0.15) is 0 Å². The van der Waals surface area contributed by atoms with E-state index in [9.17, 15) is 19.0 Å². The van der Waals surface area contributed by atoms with Gasteiger partial charge in [0.2, 0.25) is 5.91 Å². The minimum Gasteiger partial charge on any atom is -0.456 e. The molecule has 0 aliphatic rings. The molecule has 90 heavy (non-hydrogen) atoms. The van der Waals surface area contributed by atoms with E-state index in [1.54, 1.807) is 0 Å². The Balaban J connectivity index is 5.00. The maximum atomic E-state index is 13.7. The maximum absolute atomic E-state index is 13.7. The first-order valence-corrected chi connectivity index (χ1v) is 39.2. The first-order chi connectivity index (χ1) is 43.9. The van der Waals surface area contributed by atoms with Crippen molar-refractivity contribution in [3.63, 3.8) is 0 Å². The van der Waals surface area contributed by atoms with Crippen LogP contribution >= 0.6 is 7.82 Å². The Bertz CT molecular complexity index is 1910. The molecule has 10 heteroatoms. The molecule has 0 saturated carbocycles. The molecule has 0 aliphatic heterocycles. The quantitative estimate of drug-likeness (QED) is 0.0205. The number of likely N-dealkylation sites (N-methyl/N-ethyl adjacent to an activating group) is 1. The number of carbonyl (C=O) groups is 2. The highest BCUT2D eigenvalue weighted by molar-refractivity contribution is 7.47. The van der Waals surface area contributed by atoms with E-state index in [0.717, 1.165) is 103 Å². The number of allylic oxidation sites excluding steroid dienone is 17. The minimum absolute atomic E-state index is 0.0357. The van der Waals surface area contributed by atoms with Crippen LogP contribution in [0.3, 0.4) is 0 Å². The van der Waals surface area contributed by atoms with Crippen molar-refractivity contribution in [3.05, 3.63) is 109 Å². The molecule has 3 atom stereocenters. The average Bonchev–Trinajstić information content (AvgIpc) is 3.04. The van der Waals surface area contributed by atoms with Gasteiger partial charge in [-0.15, -0.1) is 0 Å². The molecule has 520 valence electrons. The van der Waals surface area contributed by atoms with E-state index < -0.39 is 20.0 Å². The molecule has 0 saturated heterocycles. The predicted molar refractivity (Wildman–Crippen MR) is 392 cm³/mol. The first kappa shape index (κ1) is 86.7. The fraction of sp³-hybridized carbons (Fsp3) is 0.750. The van der Waals surface area contributed by atoms with Gasteiger partial charge in [-0.1, -0.05) is 317 Å². The fourth-order valence-corrected chi connectivity index (χ4v) is 11.4. The largest absolute Gasteiger partial charge is 0.472 e.